The minimum Gasteiger partial charge on any atom is -0.374 e. The van der Waals surface area contributed by atoms with Crippen LogP contribution in [0.25, 0.3) is 0 Å². The van der Waals surface area contributed by atoms with E-state index in [1.807, 2.05) is 0 Å². The van der Waals surface area contributed by atoms with Gasteiger partial charge in [0.05, 0.1) is 12.7 Å². The summed E-state index contributed by atoms with van der Waals surface area (Å²) < 4.78 is 5.83. The Labute approximate surface area is 89.1 Å². The lowest BCUT2D eigenvalue weighted by Crippen LogP contribution is -2.30. The van der Waals surface area contributed by atoms with E-state index in [2.05, 4.69) is 16.8 Å². The van der Waals surface area contributed by atoms with Crippen LogP contribution in [-0.4, -0.2) is 12.1 Å². The molecule has 1 fully saturated rings. The number of rotatable bonds is 3. The van der Waals surface area contributed by atoms with Crippen LogP contribution in [0.5, 0.6) is 0 Å². The second kappa shape index (κ2) is 4.91. The van der Waals surface area contributed by atoms with Crippen molar-refractivity contribution in [3.05, 3.63) is 22.4 Å². The van der Waals surface area contributed by atoms with Gasteiger partial charge in [-0.05, 0) is 48.1 Å². The lowest BCUT2D eigenvalue weighted by Gasteiger charge is -2.25. The van der Waals surface area contributed by atoms with E-state index >= 15 is 0 Å². The van der Waals surface area contributed by atoms with E-state index < -0.39 is 0 Å². The maximum atomic E-state index is 5.83. The molecule has 0 bridgehead atoms. The van der Waals surface area contributed by atoms with Gasteiger partial charge in [-0.25, -0.2) is 0 Å². The lowest BCUT2D eigenvalue weighted by atomic mass is 9.94. The predicted molar refractivity (Wildman–Crippen MR) is 59.3 cm³/mol. The van der Waals surface area contributed by atoms with Crippen molar-refractivity contribution in [2.45, 2.75) is 44.4 Å². The molecule has 78 valence electrons. The van der Waals surface area contributed by atoms with Crippen LogP contribution >= 0.6 is 11.3 Å². The van der Waals surface area contributed by atoms with Crippen LogP contribution < -0.4 is 5.73 Å². The zero-order valence-electron chi connectivity index (χ0n) is 8.32. The zero-order valence-corrected chi connectivity index (χ0v) is 9.13. The summed E-state index contributed by atoms with van der Waals surface area (Å²) in [5, 5.41) is 4.24. The van der Waals surface area contributed by atoms with Gasteiger partial charge in [0.15, 0.2) is 0 Å². The van der Waals surface area contributed by atoms with Gasteiger partial charge in [-0.15, -0.1) is 0 Å². The Balaban J connectivity index is 1.71. The fourth-order valence-electron chi connectivity index (χ4n) is 1.84. The van der Waals surface area contributed by atoms with Crippen LogP contribution in [0.4, 0.5) is 0 Å². The third-order valence-electron chi connectivity index (χ3n) is 2.78. The molecule has 0 saturated heterocycles. The van der Waals surface area contributed by atoms with E-state index in [4.69, 9.17) is 10.5 Å². The van der Waals surface area contributed by atoms with Crippen LogP contribution in [0.15, 0.2) is 16.8 Å². The molecule has 0 atom stereocenters. The summed E-state index contributed by atoms with van der Waals surface area (Å²) in [6.45, 7) is 0.767. The zero-order chi connectivity index (χ0) is 9.80. The summed E-state index contributed by atoms with van der Waals surface area (Å²) in [5.74, 6) is 0. The Morgan fingerprint density at radius 1 is 1.36 bits per heavy atom. The molecule has 2 rings (SSSR count). The summed E-state index contributed by atoms with van der Waals surface area (Å²) in [6, 6.07) is 2.54. The normalized spacial score (nSPS) is 27.8. The van der Waals surface area contributed by atoms with Crippen molar-refractivity contribution in [1.29, 1.82) is 0 Å². The molecule has 2 nitrogen and oxygen atoms in total. The first kappa shape index (κ1) is 10.1. The number of hydrogen-bond acceptors (Lipinski definition) is 3. The summed E-state index contributed by atoms with van der Waals surface area (Å²) in [5.41, 5.74) is 7.13. The average Bonchev–Trinajstić information content (AvgIpc) is 2.70. The van der Waals surface area contributed by atoms with Gasteiger partial charge in [0.25, 0.3) is 0 Å². The molecule has 0 aliphatic heterocycles. The molecule has 1 aliphatic rings. The molecule has 1 aromatic heterocycles. The number of thiophene rings is 1. The molecule has 0 aromatic carbocycles. The SMILES string of the molecule is NC1CCC(OCc2ccsc2)CC1. The Morgan fingerprint density at radius 3 is 2.79 bits per heavy atom. The highest BCUT2D eigenvalue weighted by atomic mass is 32.1. The number of ether oxygens (including phenoxy) is 1. The van der Waals surface area contributed by atoms with Crippen molar-refractivity contribution in [2.24, 2.45) is 5.73 Å². The minimum absolute atomic E-state index is 0.413. The maximum absolute atomic E-state index is 5.83. The molecule has 1 heterocycles. The highest BCUT2D eigenvalue weighted by Crippen LogP contribution is 2.21. The quantitative estimate of drug-likeness (QED) is 0.834. The van der Waals surface area contributed by atoms with E-state index in [-0.39, 0.29) is 0 Å². The van der Waals surface area contributed by atoms with Gasteiger partial charge in [-0.1, -0.05) is 0 Å². The predicted octanol–water partition coefficient (Wildman–Crippen LogP) is 2.53. The standard InChI is InChI=1S/C11H17NOS/c12-10-1-3-11(4-2-10)13-7-9-5-6-14-8-9/h5-6,8,10-11H,1-4,7,12H2. The van der Waals surface area contributed by atoms with Gasteiger partial charge in [-0.2, -0.15) is 11.3 Å². The fourth-order valence-corrected chi connectivity index (χ4v) is 2.50. The van der Waals surface area contributed by atoms with Gasteiger partial charge < -0.3 is 10.5 Å². The van der Waals surface area contributed by atoms with E-state index in [0.29, 0.717) is 12.1 Å². The van der Waals surface area contributed by atoms with Crippen LogP contribution in [0.3, 0.4) is 0 Å². The third kappa shape index (κ3) is 2.80. The molecule has 1 saturated carbocycles. The highest BCUT2D eigenvalue weighted by Gasteiger charge is 2.18. The monoisotopic (exact) mass is 211 g/mol. The van der Waals surface area contributed by atoms with Crippen LogP contribution in [0, 0.1) is 0 Å². The van der Waals surface area contributed by atoms with Crippen molar-refractivity contribution < 1.29 is 4.74 Å². The maximum Gasteiger partial charge on any atom is 0.0728 e. The first-order valence-electron chi connectivity index (χ1n) is 5.23. The van der Waals surface area contributed by atoms with Crippen molar-refractivity contribution >= 4 is 11.3 Å². The van der Waals surface area contributed by atoms with Crippen molar-refractivity contribution in [3.8, 4) is 0 Å². The van der Waals surface area contributed by atoms with E-state index in [1.54, 1.807) is 11.3 Å². The van der Waals surface area contributed by atoms with Crippen LogP contribution in [-0.2, 0) is 11.3 Å². The van der Waals surface area contributed by atoms with Crippen molar-refractivity contribution in [2.75, 3.05) is 0 Å². The van der Waals surface area contributed by atoms with Gasteiger partial charge in [0.2, 0.25) is 0 Å². The third-order valence-corrected chi connectivity index (χ3v) is 3.52. The molecule has 0 amide bonds. The van der Waals surface area contributed by atoms with E-state index in [9.17, 15) is 0 Å². The number of nitrogens with two attached hydrogens (primary N) is 1. The minimum atomic E-state index is 0.413. The molecule has 0 unspecified atom stereocenters. The second-order valence-corrected chi connectivity index (χ2v) is 4.76. The molecule has 14 heavy (non-hydrogen) atoms. The topological polar surface area (TPSA) is 35.2 Å². The molecule has 0 radical (unpaired) electrons. The van der Waals surface area contributed by atoms with Crippen LogP contribution in [0.1, 0.15) is 31.2 Å². The summed E-state index contributed by atoms with van der Waals surface area (Å²) in [6.07, 6.45) is 4.94. The Hall–Kier alpha value is -0.380. The fraction of sp³-hybridized carbons (Fsp3) is 0.636. The smallest absolute Gasteiger partial charge is 0.0728 e. The molecular formula is C11H17NOS. The molecule has 3 heteroatoms. The lowest BCUT2D eigenvalue weighted by molar-refractivity contribution is 0.0139. The average molecular weight is 211 g/mol. The Bertz CT molecular complexity index is 252. The molecule has 0 spiro atoms. The van der Waals surface area contributed by atoms with E-state index in [1.165, 1.54) is 5.56 Å². The summed E-state index contributed by atoms with van der Waals surface area (Å²) >= 11 is 1.73. The van der Waals surface area contributed by atoms with Crippen LogP contribution in [0.2, 0.25) is 0 Å². The van der Waals surface area contributed by atoms with Gasteiger partial charge >= 0.3 is 0 Å². The number of hydrogen-bond donors (Lipinski definition) is 1. The largest absolute Gasteiger partial charge is 0.374 e. The Morgan fingerprint density at radius 2 is 2.14 bits per heavy atom. The van der Waals surface area contributed by atoms with E-state index in [0.717, 1.165) is 32.3 Å². The first-order chi connectivity index (χ1) is 6.84. The summed E-state index contributed by atoms with van der Waals surface area (Å²) in [4.78, 5) is 0. The van der Waals surface area contributed by atoms with Crippen molar-refractivity contribution in [3.63, 3.8) is 0 Å². The molecular weight excluding hydrogens is 194 g/mol. The van der Waals surface area contributed by atoms with Gasteiger partial charge in [-0.3, -0.25) is 0 Å². The molecule has 1 aliphatic carbocycles. The second-order valence-electron chi connectivity index (χ2n) is 3.98. The summed E-state index contributed by atoms with van der Waals surface area (Å²) in [7, 11) is 0. The highest BCUT2D eigenvalue weighted by molar-refractivity contribution is 7.07. The Kier molecular flexibility index (Phi) is 3.56. The molecule has 1 aromatic rings. The van der Waals surface area contributed by atoms with Gasteiger partial charge in [0, 0.05) is 6.04 Å². The van der Waals surface area contributed by atoms with Crippen molar-refractivity contribution in [1.82, 2.24) is 0 Å². The first-order valence-corrected chi connectivity index (χ1v) is 6.17. The van der Waals surface area contributed by atoms with Gasteiger partial charge in [0.1, 0.15) is 0 Å². The molecule has 2 N–H and O–H groups in total.